The van der Waals surface area contributed by atoms with E-state index in [4.69, 9.17) is 13.9 Å². The zero-order valence-corrected chi connectivity index (χ0v) is 12.5. The van der Waals surface area contributed by atoms with Crippen LogP contribution in [0.4, 0.5) is 0 Å². The maximum Gasteiger partial charge on any atom is 0.137 e. The van der Waals surface area contributed by atoms with Crippen LogP contribution in [0.5, 0.6) is 0 Å². The zero-order chi connectivity index (χ0) is 13.0. The van der Waals surface area contributed by atoms with Gasteiger partial charge in [0.25, 0.3) is 0 Å². The quantitative estimate of drug-likeness (QED) is 0.907. The lowest BCUT2D eigenvalue weighted by Crippen LogP contribution is -2.49. The molecule has 2 heterocycles. The van der Waals surface area contributed by atoms with E-state index in [1.54, 1.807) is 6.26 Å². The molecule has 1 unspecified atom stereocenters. The maximum absolute atomic E-state index is 6.08. The van der Waals surface area contributed by atoms with Crippen LogP contribution in [0.15, 0.2) is 21.2 Å². The summed E-state index contributed by atoms with van der Waals surface area (Å²) in [4.78, 5) is 0. The predicted molar refractivity (Wildman–Crippen MR) is 72.6 cm³/mol. The molecule has 4 nitrogen and oxygen atoms in total. The van der Waals surface area contributed by atoms with Crippen LogP contribution in [0.1, 0.15) is 31.6 Å². The summed E-state index contributed by atoms with van der Waals surface area (Å²) in [6.45, 7) is 4.19. The molecule has 18 heavy (non-hydrogen) atoms. The Morgan fingerprint density at radius 1 is 1.50 bits per heavy atom. The molecular formula is C13H20BrNO3. The van der Waals surface area contributed by atoms with E-state index in [0.29, 0.717) is 6.61 Å². The summed E-state index contributed by atoms with van der Waals surface area (Å²) < 4.78 is 18.1. The largest absolute Gasteiger partial charge is 0.466 e. The molecule has 0 amide bonds. The van der Waals surface area contributed by atoms with Gasteiger partial charge in [-0.3, -0.25) is 0 Å². The van der Waals surface area contributed by atoms with Crippen molar-refractivity contribution in [3.63, 3.8) is 0 Å². The highest BCUT2D eigenvalue weighted by Gasteiger charge is 2.43. The Kier molecular flexibility index (Phi) is 4.84. The third-order valence-corrected chi connectivity index (χ3v) is 4.15. The molecule has 5 heteroatoms. The van der Waals surface area contributed by atoms with E-state index in [1.807, 2.05) is 20.0 Å². The summed E-state index contributed by atoms with van der Waals surface area (Å²) in [5, 5.41) is 3.34. The van der Waals surface area contributed by atoms with Crippen molar-refractivity contribution in [1.29, 1.82) is 0 Å². The molecule has 102 valence electrons. The molecule has 1 aromatic rings. The highest BCUT2D eigenvalue weighted by atomic mass is 79.9. The van der Waals surface area contributed by atoms with Crippen LogP contribution in [0.3, 0.4) is 0 Å². The van der Waals surface area contributed by atoms with Crippen LogP contribution in [-0.4, -0.2) is 32.5 Å². The van der Waals surface area contributed by atoms with Gasteiger partial charge in [-0.1, -0.05) is 0 Å². The summed E-state index contributed by atoms with van der Waals surface area (Å²) in [5.41, 5.74) is -0.248. The summed E-state index contributed by atoms with van der Waals surface area (Å²) >= 11 is 3.53. The molecule has 0 saturated carbocycles. The van der Waals surface area contributed by atoms with E-state index < -0.39 is 0 Å². The van der Waals surface area contributed by atoms with E-state index in [0.717, 1.165) is 36.3 Å². The molecule has 0 bridgehead atoms. The van der Waals surface area contributed by atoms with Crippen LogP contribution in [0.2, 0.25) is 0 Å². The Morgan fingerprint density at radius 2 is 2.22 bits per heavy atom. The highest BCUT2D eigenvalue weighted by molar-refractivity contribution is 9.10. The molecule has 1 saturated heterocycles. The van der Waals surface area contributed by atoms with Gasteiger partial charge in [-0.05, 0) is 36.0 Å². The fourth-order valence-corrected chi connectivity index (χ4v) is 3.10. The number of furan rings is 1. The maximum atomic E-state index is 6.08. The van der Waals surface area contributed by atoms with Gasteiger partial charge in [-0.25, -0.2) is 0 Å². The Hall–Kier alpha value is -0.360. The normalized spacial score (nSPS) is 20.8. The molecule has 1 aliphatic rings. The van der Waals surface area contributed by atoms with Crippen LogP contribution >= 0.6 is 15.9 Å². The van der Waals surface area contributed by atoms with Crippen molar-refractivity contribution in [2.75, 3.05) is 26.9 Å². The van der Waals surface area contributed by atoms with Crippen molar-refractivity contribution in [3.8, 4) is 0 Å². The van der Waals surface area contributed by atoms with E-state index in [9.17, 15) is 0 Å². The van der Waals surface area contributed by atoms with Crippen molar-refractivity contribution < 1.29 is 13.9 Å². The smallest absolute Gasteiger partial charge is 0.137 e. The Morgan fingerprint density at radius 3 is 2.72 bits per heavy atom. The van der Waals surface area contributed by atoms with Gasteiger partial charge < -0.3 is 19.2 Å². The average molecular weight is 318 g/mol. The number of likely N-dealkylation sites (N-methyl/N-ethyl adjacent to an activating group) is 1. The summed E-state index contributed by atoms with van der Waals surface area (Å²) in [7, 11) is 1.94. The van der Waals surface area contributed by atoms with Gasteiger partial charge >= 0.3 is 0 Å². The lowest BCUT2D eigenvalue weighted by molar-refractivity contribution is -0.130. The lowest BCUT2D eigenvalue weighted by atomic mass is 9.84. The molecule has 0 radical (unpaired) electrons. The summed E-state index contributed by atoms with van der Waals surface area (Å²) in [6.07, 6.45) is 3.45. The van der Waals surface area contributed by atoms with Gasteiger partial charge in [0.2, 0.25) is 0 Å². The van der Waals surface area contributed by atoms with Crippen molar-refractivity contribution in [3.05, 3.63) is 22.6 Å². The van der Waals surface area contributed by atoms with Crippen LogP contribution in [-0.2, 0) is 9.47 Å². The fourth-order valence-electron chi connectivity index (χ4n) is 2.67. The second kappa shape index (κ2) is 6.19. The minimum atomic E-state index is -0.248. The molecule has 0 aliphatic carbocycles. The van der Waals surface area contributed by atoms with Gasteiger partial charge in [-0.2, -0.15) is 0 Å². The van der Waals surface area contributed by atoms with Crippen LogP contribution in [0, 0.1) is 0 Å². The third-order valence-electron chi connectivity index (χ3n) is 3.49. The summed E-state index contributed by atoms with van der Waals surface area (Å²) in [6, 6.07) is 1.95. The van der Waals surface area contributed by atoms with E-state index in [-0.39, 0.29) is 11.6 Å². The number of halogens is 1. The fraction of sp³-hybridized carbons (Fsp3) is 0.692. The van der Waals surface area contributed by atoms with Gasteiger partial charge in [0, 0.05) is 32.7 Å². The van der Waals surface area contributed by atoms with Crippen LogP contribution < -0.4 is 5.32 Å². The lowest BCUT2D eigenvalue weighted by Gasteiger charge is -2.42. The van der Waals surface area contributed by atoms with Gasteiger partial charge in [0.1, 0.15) is 5.76 Å². The first-order chi connectivity index (χ1) is 8.73. The molecule has 1 N–H and O–H groups in total. The monoisotopic (exact) mass is 317 g/mol. The van der Waals surface area contributed by atoms with E-state index in [1.165, 1.54) is 0 Å². The minimum absolute atomic E-state index is 0.0331. The van der Waals surface area contributed by atoms with Gasteiger partial charge in [0.05, 0.1) is 22.4 Å². The second-order valence-electron chi connectivity index (χ2n) is 4.46. The summed E-state index contributed by atoms with van der Waals surface area (Å²) in [5.74, 6) is 0.896. The number of hydrogen-bond acceptors (Lipinski definition) is 4. The average Bonchev–Trinajstić information content (AvgIpc) is 2.78. The molecule has 0 aromatic carbocycles. The number of hydrogen-bond donors (Lipinski definition) is 1. The molecule has 1 atom stereocenters. The second-order valence-corrected chi connectivity index (χ2v) is 5.32. The first kappa shape index (κ1) is 14.1. The third kappa shape index (κ3) is 2.64. The SMILES string of the molecule is CCOC1(C(NC)c2occc2Br)CCOCC1. The molecular weight excluding hydrogens is 298 g/mol. The number of ether oxygens (including phenoxy) is 2. The molecule has 2 rings (SSSR count). The number of nitrogens with one attached hydrogen (secondary N) is 1. The Labute approximate surface area is 116 Å². The Bertz CT molecular complexity index is 369. The van der Waals surface area contributed by atoms with Crippen molar-refractivity contribution in [2.45, 2.75) is 31.4 Å². The molecule has 0 spiro atoms. The molecule has 1 aromatic heterocycles. The van der Waals surface area contributed by atoms with Crippen LogP contribution in [0.25, 0.3) is 0 Å². The standard InChI is InChI=1S/C13H20BrNO3/c1-3-18-13(5-8-16-9-6-13)12(15-2)11-10(14)4-7-17-11/h4,7,12,15H,3,5-6,8-9H2,1-2H3. The Balaban J connectivity index is 2.29. The highest BCUT2D eigenvalue weighted by Crippen LogP contribution is 2.40. The van der Waals surface area contributed by atoms with E-state index in [2.05, 4.69) is 21.2 Å². The first-order valence-corrected chi connectivity index (χ1v) is 7.14. The van der Waals surface area contributed by atoms with Gasteiger partial charge in [0.15, 0.2) is 0 Å². The predicted octanol–water partition coefficient (Wildman–Crippen LogP) is 2.89. The van der Waals surface area contributed by atoms with Crippen molar-refractivity contribution >= 4 is 15.9 Å². The zero-order valence-electron chi connectivity index (χ0n) is 10.9. The van der Waals surface area contributed by atoms with E-state index >= 15 is 0 Å². The van der Waals surface area contributed by atoms with Gasteiger partial charge in [-0.15, -0.1) is 0 Å². The first-order valence-electron chi connectivity index (χ1n) is 6.35. The van der Waals surface area contributed by atoms with Crippen molar-refractivity contribution in [2.24, 2.45) is 0 Å². The molecule has 1 fully saturated rings. The number of rotatable bonds is 5. The van der Waals surface area contributed by atoms with Crippen molar-refractivity contribution in [1.82, 2.24) is 5.32 Å². The minimum Gasteiger partial charge on any atom is -0.466 e. The molecule has 1 aliphatic heterocycles. The topological polar surface area (TPSA) is 43.6 Å².